The summed E-state index contributed by atoms with van der Waals surface area (Å²) >= 11 is 0. The lowest BCUT2D eigenvalue weighted by Crippen LogP contribution is -2.40. The van der Waals surface area contributed by atoms with Gasteiger partial charge in [0.1, 0.15) is 12.4 Å². The van der Waals surface area contributed by atoms with E-state index in [1.54, 1.807) is 7.05 Å². The highest BCUT2D eigenvalue weighted by molar-refractivity contribution is 5.81. The quantitative estimate of drug-likeness (QED) is 0.300. The number of hydrogen-bond acceptors (Lipinski definition) is 4. The molecule has 1 aliphatic rings. The van der Waals surface area contributed by atoms with Gasteiger partial charge in [-0.3, -0.25) is 9.79 Å². The normalized spacial score (nSPS) is 14.7. The fourth-order valence-corrected chi connectivity index (χ4v) is 3.36. The van der Waals surface area contributed by atoms with Crippen molar-refractivity contribution in [2.45, 2.75) is 58.5 Å². The highest BCUT2D eigenvalue weighted by Crippen LogP contribution is 2.20. The number of carbonyl (C=O) groups is 1. The maximum Gasteiger partial charge on any atom is 0.221 e. The Morgan fingerprint density at radius 3 is 2.72 bits per heavy atom. The van der Waals surface area contributed by atoms with Crippen LogP contribution in [0.4, 0.5) is 0 Å². The van der Waals surface area contributed by atoms with Crippen LogP contribution in [-0.4, -0.2) is 51.3 Å². The zero-order valence-corrected chi connectivity index (χ0v) is 18.1. The van der Waals surface area contributed by atoms with Gasteiger partial charge < -0.3 is 25.4 Å². The molecule has 7 nitrogen and oxygen atoms in total. The van der Waals surface area contributed by atoms with Crippen molar-refractivity contribution in [2.75, 3.05) is 33.4 Å². The maximum atomic E-state index is 12.0. The van der Waals surface area contributed by atoms with Crippen LogP contribution in [0.1, 0.15) is 50.2 Å². The van der Waals surface area contributed by atoms with Crippen LogP contribution in [-0.2, 0) is 16.1 Å². The van der Waals surface area contributed by atoms with E-state index >= 15 is 0 Å². The van der Waals surface area contributed by atoms with E-state index in [9.17, 15) is 4.79 Å². The molecule has 29 heavy (non-hydrogen) atoms. The first-order valence-electron chi connectivity index (χ1n) is 10.7. The summed E-state index contributed by atoms with van der Waals surface area (Å²) in [4.78, 5) is 16.3. The fourth-order valence-electron chi connectivity index (χ4n) is 3.36. The van der Waals surface area contributed by atoms with Gasteiger partial charge in [-0.15, -0.1) is 0 Å². The number of aliphatic imine (C=N–C) groups is 1. The van der Waals surface area contributed by atoms with Crippen molar-refractivity contribution in [2.24, 2.45) is 4.99 Å². The Balaban J connectivity index is 1.75. The molecule has 1 amide bonds. The molecule has 1 fully saturated rings. The van der Waals surface area contributed by atoms with E-state index < -0.39 is 0 Å². The molecular formula is C22H36N4O3. The molecule has 0 unspecified atom stereocenters. The predicted octanol–water partition coefficient (Wildman–Crippen LogP) is 2.52. The van der Waals surface area contributed by atoms with E-state index in [0.29, 0.717) is 51.3 Å². The molecule has 1 aromatic rings. The minimum absolute atomic E-state index is 0.100. The SMILES string of the molecule is CCOCCOc1cc(C)ccc1CNC(=NC)NCCC(=O)NC1CCCC1. The molecule has 1 aliphatic carbocycles. The van der Waals surface area contributed by atoms with Gasteiger partial charge in [0.15, 0.2) is 5.96 Å². The Kier molecular flexibility index (Phi) is 10.3. The molecule has 0 saturated heterocycles. The standard InChI is InChI=1S/C22H36N4O3/c1-4-28-13-14-29-20-15-17(2)9-10-18(20)16-25-22(23-3)24-12-11-21(27)26-19-7-5-6-8-19/h9-10,15,19H,4-8,11-14,16H2,1-3H3,(H,26,27)(H2,23,24,25). The van der Waals surface area contributed by atoms with Gasteiger partial charge in [0.25, 0.3) is 0 Å². The summed E-state index contributed by atoms with van der Waals surface area (Å²) in [6.07, 6.45) is 5.08. The summed E-state index contributed by atoms with van der Waals surface area (Å²) in [5.41, 5.74) is 2.20. The van der Waals surface area contributed by atoms with Gasteiger partial charge in [0, 0.05) is 44.8 Å². The van der Waals surface area contributed by atoms with Gasteiger partial charge in [0.2, 0.25) is 5.91 Å². The van der Waals surface area contributed by atoms with Crippen molar-refractivity contribution < 1.29 is 14.3 Å². The second kappa shape index (κ2) is 13.0. The van der Waals surface area contributed by atoms with Crippen molar-refractivity contribution in [3.8, 4) is 5.75 Å². The number of guanidine groups is 1. The van der Waals surface area contributed by atoms with E-state index in [4.69, 9.17) is 9.47 Å². The number of aryl methyl sites for hydroxylation is 1. The molecule has 0 radical (unpaired) electrons. The largest absolute Gasteiger partial charge is 0.491 e. The second-order valence-corrected chi connectivity index (χ2v) is 7.31. The van der Waals surface area contributed by atoms with E-state index in [0.717, 1.165) is 29.7 Å². The minimum atomic E-state index is 0.100. The molecule has 162 valence electrons. The first kappa shape index (κ1) is 23.0. The Bertz CT molecular complexity index is 657. The van der Waals surface area contributed by atoms with Crippen molar-refractivity contribution in [1.82, 2.24) is 16.0 Å². The zero-order valence-electron chi connectivity index (χ0n) is 18.1. The molecule has 1 saturated carbocycles. The molecular weight excluding hydrogens is 368 g/mol. The van der Waals surface area contributed by atoms with Gasteiger partial charge in [-0.2, -0.15) is 0 Å². The van der Waals surface area contributed by atoms with Crippen molar-refractivity contribution in [3.63, 3.8) is 0 Å². The molecule has 0 heterocycles. The summed E-state index contributed by atoms with van der Waals surface area (Å²) in [7, 11) is 1.72. The van der Waals surface area contributed by atoms with Crippen LogP contribution in [0.2, 0.25) is 0 Å². The highest BCUT2D eigenvalue weighted by atomic mass is 16.5. The second-order valence-electron chi connectivity index (χ2n) is 7.31. The maximum absolute atomic E-state index is 12.0. The van der Waals surface area contributed by atoms with Gasteiger partial charge in [0.05, 0.1) is 6.61 Å². The first-order valence-corrected chi connectivity index (χ1v) is 10.7. The molecule has 0 spiro atoms. The molecule has 2 rings (SSSR count). The van der Waals surface area contributed by atoms with E-state index in [1.165, 1.54) is 12.8 Å². The van der Waals surface area contributed by atoms with Gasteiger partial charge in [-0.1, -0.05) is 25.0 Å². The number of benzene rings is 1. The Morgan fingerprint density at radius 2 is 2.00 bits per heavy atom. The van der Waals surface area contributed by atoms with Crippen molar-refractivity contribution >= 4 is 11.9 Å². The lowest BCUT2D eigenvalue weighted by atomic mass is 10.1. The van der Waals surface area contributed by atoms with Crippen molar-refractivity contribution in [3.05, 3.63) is 29.3 Å². The van der Waals surface area contributed by atoms with Gasteiger partial charge >= 0.3 is 0 Å². The third-order valence-corrected chi connectivity index (χ3v) is 4.95. The predicted molar refractivity (Wildman–Crippen MR) is 116 cm³/mol. The molecule has 1 aromatic carbocycles. The Morgan fingerprint density at radius 1 is 1.21 bits per heavy atom. The van der Waals surface area contributed by atoms with Crippen LogP contribution >= 0.6 is 0 Å². The van der Waals surface area contributed by atoms with Gasteiger partial charge in [-0.05, 0) is 38.3 Å². The number of ether oxygens (including phenoxy) is 2. The monoisotopic (exact) mass is 404 g/mol. The average molecular weight is 405 g/mol. The van der Waals surface area contributed by atoms with Crippen LogP contribution in [0.5, 0.6) is 5.75 Å². The van der Waals surface area contributed by atoms with E-state index in [-0.39, 0.29) is 5.91 Å². The molecule has 0 aromatic heterocycles. The lowest BCUT2D eigenvalue weighted by Gasteiger charge is -2.16. The van der Waals surface area contributed by atoms with Crippen molar-refractivity contribution in [1.29, 1.82) is 0 Å². The van der Waals surface area contributed by atoms with Crippen LogP contribution in [0.3, 0.4) is 0 Å². The molecule has 0 atom stereocenters. The number of nitrogens with one attached hydrogen (secondary N) is 3. The van der Waals surface area contributed by atoms with E-state index in [1.807, 2.05) is 19.9 Å². The Labute approximate surface area is 174 Å². The van der Waals surface area contributed by atoms with Crippen LogP contribution in [0.25, 0.3) is 0 Å². The van der Waals surface area contributed by atoms with Crippen LogP contribution in [0, 0.1) is 6.92 Å². The minimum Gasteiger partial charge on any atom is -0.491 e. The first-order chi connectivity index (χ1) is 14.1. The number of amides is 1. The zero-order chi connectivity index (χ0) is 20.9. The molecule has 7 heteroatoms. The summed E-state index contributed by atoms with van der Waals surface area (Å²) in [5.74, 6) is 1.62. The number of nitrogens with zero attached hydrogens (tertiary/aromatic N) is 1. The summed E-state index contributed by atoms with van der Waals surface area (Å²) in [6, 6.07) is 6.52. The topological polar surface area (TPSA) is 84.0 Å². The lowest BCUT2D eigenvalue weighted by molar-refractivity contribution is -0.121. The van der Waals surface area contributed by atoms with E-state index in [2.05, 4.69) is 33.1 Å². The number of carbonyl (C=O) groups excluding carboxylic acids is 1. The Hall–Kier alpha value is -2.28. The smallest absolute Gasteiger partial charge is 0.221 e. The molecule has 3 N–H and O–H groups in total. The third-order valence-electron chi connectivity index (χ3n) is 4.95. The van der Waals surface area contributed by atoms with Gasteiger partial charge in [-0.25, -0.2) is 0 Å². The third kappa shape index (κ3) is 8.73. The fraction of sp³-hybridized carbons (Fsp3) is 0.636. The van der Waals surface area contributed by atoms with Crippen LogP contribution < -0.4 is 20.7 Å². The molecule has 0 bridgehead atoms. The summed E-state index contributed by atoms with van der Waals surface area (Å²) < 4.78 is 11.2. The summed E-state index contributed by atoms with van der Waals surface area (Å²) in [6.45, 7) is 6.92. The number of hydrogen-bond donors (Lipinski definition) is 3. The number of rotatable bonds is 11. The summed E-state index contributed by atoms with van der Waals surface area (Å²) in [5, 5.41) is 9.60. The van der Waals surface area contributed by atoms with Crippen LogP contribution in [0.15, 0.2) is 23.2 Å². The highest BCUT2D eigenvalue weighted by Gasteiger charge is 2.16. The molecule has 0 aliphatic heterocycles. The average Bonchev–Trinajstić information content (AvgIpc) is 3.22.